The highest BCUT2D eigenvalue weighted by Crippen LogP contribution is 2.37. The lowest BCUT2D eigenvalue weighted by atomic mass is 9.98. The van der Waals surface area contributed by atoms with Crippen molar-refractivity contribution in [3.63, 3.8) is 0 Å². The van der Waals surface area contributed by atoms with Crippen LogP contribution in [0.25, 0.3) is 0 Å². The van der Waals surface area contributed by atoms with E-state index >= 15 is 0 Å². The lowest BCUT2D eigenvalue weighted by molar-refractivity contribution is 0.416. The minimum Gasteiger partial charge on any atom is -0.469 e. The molecule has 11 heavy (non-hydrogen) atoms. The first kappa shape index (κ1) is 6.92. The molecule has 0 aromatic carbocycles. The zero-order valence-corrected chi connectivity index (χ0v) is 6.71. The van der Waals surface area contributed by atoms with Crippen molar-refractivity contribution in [2.45, 2.75) is 19.3 Å². The predicted octanol–water partition coefficient (Wildman–Crippen LogP) is 1.51. The minimum atomic E-state index is 0.458. The second kappa shape index (κ2) is 2.38. The van der Waals surface area contributed by atoms with Crippen molar-refractivity contribution in [2.24, 2.45) is 11.7 Å². The van der Waals surface area contributed by atoms with Gasteiger partial charge >= 0.3 is 0 Å². The van der Waals surface area contributed by atoms with Crippen LogP contribution in [0.3, 0.4) is 0 Å². The lowest BCUT2D eigenvalue weighted by Gasteiger charge is -2.10. The first-order chi connectivity index (χ1) is 5.33. The number of fused-ring (bicyclic) bond motifs is 1. The SMILES string of the molecule is CC1Cc2ccoc2C1CN. The van der Waals surface area contributed by atoms with Crippen LogP contribution in [0, 0.1) is 5.92 Å². The maximum atomic E-state index is 5.64. The fourth-order valence-corrected chi connectivity index (χ4v) is 1.93. The van der Waals surface area contributed by atoms with Crippen molar-refractivity contribution in [1.82, 2.24) is 0 Å². The van der Waals surface area contributed by atoms with Gasteiger partial charge in [0.2, 0.25) is 0 Å². The molecule has 0 radical (unpaired) electrons. The van der Waals surface area contributed by atoms with E-state index in [-0.39, 0.29) is 0 Å². The maximum Gasteiger partial charge on any atom is 0.111 e. The molecule has 1 heterocycles. The summed E-state index contributed by atoms with van der Waals surface area (Å²) in [5, 5.41) is 0. The van der Waals surface area contributed by atoms with E-state index in [0.29, 0.717) is 18.4 Å². The van der Waals surface area contributed by atoms with E-state index in [2.05, 4.69) is 13.0 Å². The Kier molecular flexibility index (Phi) is 1.50. The molecule has 0 saturated heterocycles. The zero-order valence-electron chi connectivity index (χ0n) is 6.71. The predicted molar refractivity (Wildman–Crippen MR) is 43.4 cm³/mol. The van der Waals surface area contributed by atoms with Gasteiger partial charge in [-0.1, -0.05) is 6.92 Å². The average molecular weight is 151 g/mol. The van der Waals surface area contributed by atoms with Gasteiger partial charge in [0.1, 0.15) is 5.76 Å². The van der Waals surface area contributed by atoms with Crippen molar-refractivity contribution in [2.75, 3.05) is 6.54 Å². The summed E-state index contributed by atoms with van der Waals surface area (Å²) >= 11 is 0. The molecule has 2 N–H and O–H groups in total. The third-order valence-electron chi connectivity index (χ3n) is 2.60. The molecule has 1 aliphatic carbocycles. The van der Waals surface area contributed by atoms with Crippen LogP contribution in [-0.2, 0) is 6.42 Å². The summed E-state index contributed by atoms with van der Waals surface area (Å²) in [6, 6.07) is 2.06. The van der Waals surface area contributed by atoms with Crippen LogP contribution in [0.4, 0.5) is 0 Å². The highest BCUT2D eigenvalue weighted by Gasteiger charge is 2.30. The normalized spacial score (nSPS) is 28.9. The Balaban J connectivity index is 2.35. The Morgan fingerprint density at radius 1 is 1.73 bits per heavy atom. The van der Waals surface area contributed by atoms with Crippen LogP contribution in [0.15, 0.2) is 16.7 Å². The highest BCUT2D eigenvalue weighted by atomic mass is 16.3. The number of nitrogens with two attached hydrogens (primary N) is 1. The molecule has 2 heteroatoms. The third kappa shape index (κ3) is 0.897. The molecule has 2 unspecified atom stereocenters. The van der Waals surface area contributed by atoms with E-state index in [4.69, 9.17) is 10.2 Å². The first-order valence-corrected chi connectivity index (χ1v) is 4.09. The van der Waals surface area contributed by atoms with Gasteiger partial charge in [0, 0.05) is 12.5 Å². The zero-order chi connectivity index (χ0) is 7.84. The molecule has 0 amide bonds. The smallest absolute Gasteiger partial charge is 0.111 e. The van der Waals surface area contributed by atoms with E-state index in [1.165, 1.54) is 5.56 Å². The van der Waals surface area contributed by atoms with E-state index in [1.807, 2.05) is 0 Å². The minimum absolute atomic E-state index is 0.458. The molecule has 0 bridgehead atoms. The second-order valence-corrected chi connectivity index (χ2v) is 3.33. The van der Waals surface area contributed by atoms with Crippen LogP contribution in [0.5, 0.6) is 0 Å². The summed E-state index contributed by atoms with van der Waals surface area (Å²) < 4.78 is 5.37. The molecule has 60 valence electrons. The van der Waals surface area contributed by atoms with Gasteiger partial charge in [-0.15, -0.1) is 0 Å². The molecule has 2 nitrogen and oxygen atoms in total. The first-order valence-electron chi connectivity index (χ1n) is 4.09. The van der Waals surface area contributed by atoms with Gasteiger partial charge in [-0.25, -0.2) is 0 Å². The van der Waals surface area contributed by atoms with Crippen molar-refractivity contribution < 1.29 is 4.42 Å². The maximum absolute atomic E-state index is 5.64. The number of furan rings is 1. The van der Waals surface area contributed by atoms with Crippen molar-refractivity contribution in [3.8, 4) is 0 Å². The van der Waals surface area contributed by atoms with Gasteiger partial charge in [-0.3, -0.25) is 0 Å². The van der Waals surface area contributed by atoms with Gasteiger partial charge < -0.3 is 10.2 Å². The number of hydrogen-bond donors (Lipinski definition) is 1. The van der Waals surface area contributed by atoms with Crippen LogP contribution in [-0.4, -0.2) is 6.54 Å². The Hall–Kier alpha value is -0.760. The van der Waals surface area contributed by atoms with Gasteiger partial charge in [-0.05, 0) is 24.0 Å². The van der Waals surface area contributed by atoms with E-state index in [1.54, 1.807) is 6.26 Å². The number of hydrogen-bond acceptors (Lipinski definition) is 2. The summed E-state index contributed by atoms with van der Waals surface area (Å²) in [6.45, 7) is 2.94. The Morgan fingerprint density at radius 2 is 2.55 bits per heavy atom. The van der Waals surface area contributed by atoms with Crippen molar-refractivity contribution >= 4 is 0 Å². The van der Waals surface area contributed by atoms with E-state index in [9.17, 15) is 0 Å². The van der Waals surface area contributed by atoms with Gasteiger partial charge in [0.05, 0.1) is 6.26 Å². The highest BCUT2D eigenvalue weighted by molar-refractivity contribution is 5.28. The van der Waals surface area contributed by atoms with E-state index < -0.39 is 0 Å². The molecule has 1 aromatic rings. The standard InChI is InChI=1S/C9H13NO/c1-6-4-7-2-3-11-9(7)8(6)5-10/h2-3,6,8H,4-5,10H2,1H3. The van der Waals surface area contributed by atoms with Crippen molar-refractivity contribution in [3.05, 3.63) is 23.7 Å². The average Bonchev–Trinajstić information content (AvgIpc) is 2.46. The van der Waals surface area contributed by atoms with Gasteiger partial charge in [0.25, 0.3) is 0 Å². The molecule has 2 atom stereocenters. The molecular weight excluding hydrogens is 138 g/mol. The second-order valence-electron chi connectivity index (χ2n) is 3.33. The lowest BCUT2D eigenvalue weighted by Crippen LogP contribution is -2.15. The monoisotopic (exact) mass is 151 g/mol. The summed E-state index contributed by atoms with van der Waals surface area (Å²) in [4.78, 5) is 0. The Bertz CT molecular complexity index is 254. The largest absolute Gasteiger partial charge is 0.469 e. The molecule has 1 aliphatic rings. The van der Waals surface area contributed by atoms with Crippen LogP contribution in [0.2, 0.25) is 0 Å². The molecule has 1 aromatic heterocycles. The van der Waals surface area contributed by atoms with Crippen LogP contribution >= 0.6 is 0 Å². The molecule has 0 fully saturated rings. The summed E-state index contributed by atoms with van der Waals surface area (Å²) in [6.07, 6.45) is 2.90. The quantitative estimate of drug-likeness (QED) is 0.660. The molecule has 2 rings (SSSR count). The number of rotatable bonds is 1. The molecule has 0 saturated carbocycles. The van der Waals surface area contributed by atoms with Crippen LogP contribution < -0.4 is 5.73 Å². The van der Waals surface area contributed by atoms with Gasteiger partial charge in [0.15, 0.2) is 0 Å². The summed E-state index contributed by atoms with van der Waals surface area (Å²) in [5.41, 5.74) is 6.99. The topological polar surface area (TPSA) is 39.2 Å². The Morgan fingerprint density at radius 3 is 3.27 bits per heavy atom. The third-order valence-corrected chi connectivity index (χ3v) is 2.60. The fourth-order valence-electron chi connectivity index (χ4n) is 1.93. The fraction of sp³-hybridized carbons (Fsp3) is 0.556. The molecular formula is C9H13NO. The summed E-state index contributed by atoms with van der Waals surface area (Å²) in [5.74, 6) is 2.25. The summed E-state index contributed by atoms with van der Waals surface area (Å²) in [7, 11) is 0. The van der Waals surface area contributed by atoms with Crippen molar-refractivity contribution in [1.29, 1.82) is 0 Å². The van der Waals surface area contributed by atoms with Crippen LogP contribution in [0.1, 0.15) is 24.2 Å². The Labute approximate surface area is 66.4 Å². The molecule has 0 aliphatic heterocycles. The van der Waals surface area contributed by atoms with Gasteiger partial charge in [-0.2, -0.15) is 0 Å². The van der Waals surface area contributed by atoms with E-state index in [0.717, 1.165) is 12.2 Å². The molecule has 0 spiro atoms.